The van der Waals surface area contributed by atoms with Crippen LogP contribution in [-0.2, 0) is 0 Å². The molecule has 5 heteroatoms. The Kier molecular flexibility index (Phi) is 10.6. The molecule has 1 aromatic rings. The number of guanidine groups is 1. The molecule has 0 heterocycles. The molecule has 0 saturated heterocycles. The molecule has 0 aliphatic heterocycles. The molecule has 1 unspecified atom stereocenters. The number of rotatable bonds is 10. The lowest BCUT2D eigenvalue weighted by molar-refractivity contribution is 0.268. The van der Waals surface area contributed by atoms with E-state index in [9.17, 15) is 5.11 Å². The third kappa shape index (κ3) is 7.71. The van der Waals surface area contributed by atoms with Crippen molar-refractivity contribution in [2.45, 2.75) is 25.7 Å². The Morgan fingerprint density at radius 1 is 1.23 bits per heavy atom. The van der Waals surface area contributed by atoms with Gasteiger partial charge in [0.1, 0.15) is 0 Å². The fourth-order valence-corrected chi connectivity index (χ4v) is 2.61. The van der Waals surface area contributed by atoms with Crippen molar-refractivity contribution in [3.8, 4) is 0 Å². The van der Waals surface area contributed by atoms with E-state index in [2.05, 4.69) is 28.8 Å². The Hall–Kier alpha value is -1.20. The van der Waals surface area contributed by atoms with Crippen molar-refractivity contribution in [1.29, 1.82) is 0 Å². The Morgan fingerprint density at radius 2 is 2.00 bits per heavy atom. The molecule has 22 heavy (non-hydrogen) atoms. The van der Waals surface area contributed by atoms with E-state index in [1.54, 1.807) is 0 Å². The van der Waals surface area contributed by atoms with E-state index >= 15 is 0 Å². The van der Waals surface area contributed by atoms with Gasteiger partial charge in [0.25, 0.3) is 0 Å². The first kappa shape index (κ1) is 18.8. The van der Waals surface area contributed by atoms with Crippen molar-refractivity contribution in [2.24, 2.45) is 4.99 Å². The largest absolute Gasteiger partial charge is 0.396 e. The zero-order valence-electron chi connectivity index (χ0n) is 13.7. The quantitative estimate of drug-likeness (QED) is 0.352. The van der Waals surface area contributed by atoms with Crippen LogP contribution in [0.2, 0.25) is 0 Å². The molecule has 0 saturated carbocycles. The number of aliphatic hydroxyl groups excluding tert-OH is 1. The lowest BCUT2D eigenvalue weighted by Gasteiger charge is -2.15. The molecule has 0 spiro atoms. The third-order valence-corrected chi connectivity index (χ3v) is 4.07. The predicted molar refractivity (Wildman–Crippen MR) is 97.9 cm³/mol. The Bertz CT molecular complexity index is 412. The van der Waals surface area contributed by atoms with Crippen LogP contribution in [0, 0.1) is 0 Å². The van der Waals surface area contributed by atoms with Gasteiger partial charge in [-0.15, -0.1) is 0 Å². The molecule has 1 atom stereocenters. The van der Waals surface area contributed by atoms with Crippen LogP contribution in [0.3, 0.4) is 0 Å². The molecule has 0 amide bonds. The topological polar surface area (TPSA) is 56.7 Å². The highest BCUT2D eigenvalue weighted by Crippen LogP contribution is 2.14. The van der Waals surface area contributed by atoms with Gasteiger partial charge in [-0.25, -0.2) is 0 Å². The van der Waals surface area contributed by atoms with Crippen LogP contribution in [0.4, 0.5) is 0 Å². The monoisotopic (exact) mass is 323 g/mol. The molecule has 0 aliphatic rings. The highest BCUT2D eigenvalue weighted by Gasteiger charge is 2.09. The van der Waals surface area contributed by atoms with Crippen LogP contribution in [0.15, 0.2) is 35.3 Å². The Labute approximate surface area is 138 Å². The van der Waals surface area contributed by atoms with E-state index in [0.717, 1.165) is 31.0 Å². The molecule has 0 fully saturated rings. The van der Waals surface area contributed by atoms with Crippen molar-refractivity contribution in [3.63, 3.8) is 0 Å². The summed E-state index contributed by atoms with van der Waals surface area (Å²) >= 11 is 1.88. The number of aliphatic imine (C=N–C) groups is 1. The highest BCUT2D eigenvalue weighted by atomic mass is 32.2. The van der Waals surface area contributed by atoms with Gasteiger partial charge in [0.15, 0.2) is 5.96 Å². The molecular formula is C17H29N3OS. The summed E-state index contributed by atoms with van der Waals surface area (Å²) in [6.07, 6.45) is 4.50. The second kappa shape index (κ2) is 12.4. The summed E-state index contributed by atoms with van der Waals surface area (Å²) in [4.78, 5) is 4.61. The molecule has 1 aromatic carbocycles. The minimum absolute atomic E-state index is 0.0492. The first-order valence-electron chi connectivity index (χ1n) is 7.98. The molecule has 3 N–H and O–H groups in total. The van der Waals surface area contributed by atoms with Gasteiger partial charge in [-0.2, -0.15) is 11.8 Å². The van der Waals surface area contributed by atoms with Crippen molar-refractivity contribution >= 4 is 17.7 Å². The molecular weight excluding hydrogens is 294 g/mol. The molecule has 0 radical (unpaired) electrons. The van der Waals surface area contributed by atoms with Gasteiger partial charge in [0.2, 0.25) is 0 Å². The summed E-state index contributed by atoms with van der Waals surface area (Å²) < 4.78 is 0. The number of hydrogen-bond donors (Lipinski definition) is 3. The summed E-state index contributed by atoms with van der Waals surface area (Å²) in [5.41, 5.74) is 1.13. The molecule has 0 aliphatic carbocycles. The molecule has 1 rings (SSSR count). The number of benzene rings is 1. The second-order valence-corrected chi connectivity index (χ2v) is 6.12. The minimum Gasteiger partial charge on any atom is -0.396 e. The number of nitrogens with zero attached hydrogens (tertiary/aromatic N) is 1. The number of unbranched alkanes of at least 4 members (excludes halogenated alkanes) is 1. The molecule has 4 nitrogen and oxygen atoms in total. The van der Waals surface area contributed by atoms with Crippen LogP contribution >= 0.6 is 11.8 Å². The van der Waals surface area contributed by atoms with Gasteiger partial charge in [0.05, 0.1) is 13.2 Å². The van der Waals surface area contributed by atoms with Crippen LogP contribution in [0.25, 0.3) is 0 Å². The summed E-state index contributed by atoms with van der Waals surface area (Å²) in [5, 5.41) is 16.2. The van der Waals surface area contributed by atoms with Crippen molar-refractivity contribution in [2.75, 3.05) is 38.2 Å². The normalized spacial score (nSPS) is 13.0. The predicted octanol–water partition coefficient (Wildman–Crippen LogP) is 2.46. The maximum atomic E-state index is 9.58. The lowest BCUT2D eigenvalue weighted by atomic mass is 10.0. The standard InChI is InChI=1S/C17H29N3OS/c1-3-18-17(19-11-7-8-12-22-2)20-13-16(14-21)15-9-5-4-6-10-15/h4-6,9-10,16,21H,3,7-8,11-14H2,1-2H3,(H2,18,19,20). The van der Waals surface area contributed by atoms with E-state index in [4.69, 9.17) is 0 Å². The Morgan fingerprint density at radius 3 is 2.64 bits per heavy atom. The first-order valence-corrected chi connectivity index (χ1v) is 9.38. The van der Waals surface area contributed by atoms with Crippen molar-refractivity contribution in [3.05, 3.63) is 35.9 Å². The van der Waals surface area contributed by atoms with E-state index < -0.39 is 0 Å². The summed E-state index contributed by atoms with van der Waals surface area (Å²) in [6.45, 7) is 4.53. The summed E-state index contributed by atoms with van der Waals surface area (Å²) in [5.74, 6) is 2.09. The van der Waals surface area contributed by atoms with Crippen LogP contribution < -0.4 is 10.6 Å². The molecule has 0 bridgehead atoms. The number of thioether (sulfide) groups is 1. The first-order chi connectivity index (χ1) is 10.8. The zero-order chi connectivity index (χ0) is 16.0. The summed E-state index contributed by atoms with van der Waals surface area (Å²) in [7, 11) is 0. The maximum Gasteiger partial charge on any atom is 0.191 e. The second-order valence-electron chi connectivity index (χ2n) is 5.14. The van der Waals surface area contributed by atoms with Crippen LogP contribution in [0.1, 0.15) is 31.2 Å². The third-order valence-electron chi connectivity index (χ3n) is 3.37. The zero-order valence-corrected chi connectivity index (χ0v) is 14.5. The van der Waals surface area contributed by atoms with Gasteiger partial charge in [-0.1, -0.05) is 30.3 Å². The van der Waals surface area contributed by atoms with Gasteiger partial charge < -0.3 is 15.7 Å². The molecule has 0 aromatic heterocycles. The van der Waals surface area contributed by atoms with Gasteiger partial charge in [-0.05, 0) is 37.3 Å². The number of nitrogens with one attached hydrogen (secondary N) is 2. The fraction of sp³-hybridized carbons (Fsp3) is 0.588. The average Bonchev–Trinajstić information content (AvgIpc) is 2.56. The van der Waals surface area contributed by atoms with Crippen LogP contribution in [0.5, 0.6) is 0 Å². The lowest BCUT2D eigenvalue weighted by Crippen LogP contribution is -2.38. The van der Waals surface area contributed by atoms with Gasteiger partial charge in [-0.3, -0.25) is 4.99 Å². The van der Waals surface area contributed by atoms with Gasteiger partial charge >= 0.3 is 0 Å². The number of hydrogen-bond acceptors (Lipinski definition) is 3. The fourth-order valence-electron chi connectivity index (χ4n) is 2.12. The van der Waals surface area contributed by atoms with E-state index in [0.29, 0.717) is 6.54 Å². The highest BCUT2D eigenvalue weighted by molar-refractivity contribution is 7.98. The molecule has 124 valence electrons. The van der Waals surface area contributed by atoms with E-state index in [-0.39, 0.29) is 12.5 Å². The average molecular weight is 324 g/mol. The van der Waals surface area contributed by atoms with Crippen molar-refractivity contribution < 1.29 is 5.11 Å². The van der Waals surface area contributed by atoms with E-state index in [1.165, 1.54) is 12.2 Å². The Balaban J connectivity index is 2.49. The maximum absolute atomic E-state index is 9.58. The van der Waals surface area contributed by atoms with Crippen molar-refractivity contribution in [1.82, 2.24) is 10.6 Å². The minimum atomic E-state index is 0.0492. The van der Waals surface area contributed by atoms with E-state index in [1.807, 2.05) is 42.1 Å². The number of aliphatic hydroxyl groups is 1. The van der Waals surface area contributed by atoms with Crippen LogP contribution in [-0.4, -0.2) is 49.3 Å². The summed E-state index contributed by atoms with van der Waals surface area (Å²) in [6, 6.07) is 10.1. The van der Waals surface area contributed by atoms with Gasteiger partial charge in [0, 0.05) is 19.0 Å². The SMILES string of the molecule is CCNC(=NCC(CO)c1ccccc1)NCCCCSC. The smallest absolute Gasteiger partial charge is 0.191 e.